The van der Waals surface area contributed by atoms with E-state index in [0.29, 0.717) is 11.3 Å². The Kier molecular flexibility index (Phi) is 3.89. The molecule has 0 radical (unpaired) electrons. The molecule has 3 heteroatoms. The third-order valence-electron chi connectivity index (χ3n) is 3.62. The highest BCUT2D eigenvalue weighted by molar-refractivity contribution is 6.33. The molecule has 0 saturated carbocycles. The summed E-state index contributed by atoms with van der Waals surface area (Å²) in [5, 5.41) is 0.822. The number of rotatable bonds is 2. The van der Waals surface area contributed by atoms with Crippen LogP contribution in [0.25, 0.3) is 0 Å². The van der Waals surface area contributed by atoms with Gasteiger partial charge in [-0.25, -0.2) is 0 Å². The Morgan fingerprint density at radius 1 is 1.24 bits per heavy atom. The first-order chi connectivity index (χ1) is 8.02. The van der Waals surface area contributed by atoms with E-state index in [4.69, 9.17) is 23.2 Å². The number of benzene rings is 1. The number of hydrogen-bond acceptors (Lipinski definition) is 1. The Morgan fingerprint density at radius 3 is 2.41 bits per heavy atom. The van der Waals surface area contributed by atoms with E-state index in [0.717, 1.165) is 29.4 Å². The van der Waals surface area contributed by atoms with Crippen molar-refractivity contribution in [1.82, 2.24) is 0 Å². The van der Waals surface area contributed by atoms with Crippen molar-refractivity contribution in [3.63, 3.8) is 0 Å². The van der Waals surface area contributed by atoms with E-state index >= 15 is 0 Å². The molecule has 1 aromatic carbocycles. The summed E-state index contributed by atoms with van der Waals surface area (Å²) in [5.41, 5.74) is 2.70. The van der Waals surface area contributed by atoms with Gasteiger partial charge in [0.2, 0.25) is 0 Å². The highest BCUT2D eigenvalue weighted by Crippen LogP contribution is 2.35. The van der Waals surface area contributed by atoms with Gasteiger partial charge in [0.1, 0.15) is 0 Å². The second-order valence-electron chi connectivity index (χ2n) is 5.57. The molecule has 1 aromatic rings. The summed E-state index contributed by atoms with van der Waals surface area (Å²) in [6, 6.07) is 6.13. The zero-order valence-electron chi connectivity index (χ0n) is 10.5. The average Bonchev–Trinajstić information content (AvgIpc) is 2.29. The van der Waals surface area contributed by atoms with Crippen LogP contribution in [0, 0.1) is 5.41 Å². The lowest BCUT2D eigenvalue weighted by molar-refractivity contribution is 0.280. The maximum Gasteiger partial charge on any atom is 0.0642 e. The molecule has 1 fully saturated rings. The second kappa shape index (κ2) is 5.07. The number of hydrogen-bond donors (Lipinski definition) is 0. The quantitative estimate of drug-likeness (QED) is 0.705. The van der Waals surface area contributed by atoms with E-state index < -0.39 is 0 Å². The van der Waals surface area contributed by atoms with Crippen molar-refractivity contribution in [3.8, 4) is 0 Å². The van der Waals surface area contributed by atoms with Crippen LogP contribution < -0.4 is 4.90 Å². The van der Waals surface area contributed by atoms with Crippen LogP contribution in [-0.4, -0.2) is 13.1 Å². The number of piperidine rings is 1. The molecule has 17 heavy (non-hydrogen) atoms. The molecule has 0 N–H and O–H groups in total. The van der Waals surface area contributed by atoms with Crippen molar-refractivity contribution < 1.29 is 0 Å². The lowest BCUT2D eigenvalue weighted by atomic mass is 9.82. The molecule has 1 aliphatic heterocycles. The third kappa shape index (κ3) is 3.08. The summed E-state index contributed by atoms with van der Waals surface area (Å²) in [6.07, 6.45) is 2.45. The molecule has 0 spiro atoms. The smallest absolute Gasteiger partial charge is 0.0642 e. The van der Waals surface area contributed by atoms with Gasteiger partial charge in [0.25, 0.3) is 0 Å². The predicted molar refractivity (Wildman–Crippen MR) is 76.2 cm³/mol. The molecule has 0 atom stereocenters. The molecule has 1 heterocycles. The van der Waals surface area contributed by atoms with Crippen LogP contribution in [0.2, 0.25) is 5.02 Å². The Labute approximate surface area is 114 Å². The largest absolute Gasteiger partial charge is 0.370 e. The molecule has 0 amide bonds. The van der Waals surface area contributed by atoms with Crippen LogP contribution in [0.5, 0.6) is 0 Å². The van der Waals surface area contributed by atoms with Crippen LogP contribution in [0.4, 0.5) is 5.69 Å². The van der Waals surface area contributed by atoms with Crippen molar-refractivity contribution in [2.45, 2.75) is 32.6 Å². The van der Waals surface area contributed by atoms with E-state index in [1.54, 1.807) is 0 Å². The fraction of sp³-hybridized carbons (Fsp3) is 0.571. The zero-order valence-corrected chi connectivity index (χ0v) is 12.0. The Balaban J connectivity index is 2.13. The summed E-state index contributed by atoms with van der Waals surface area (Å²) in [5.74, 6) is 0.521. The molecule has 0 aliphatic carbocycles. The van der Waals surface area contributed by atoms with Crippen molar-refractivity contribution in [2.75, 3.05) is 18.0 Å². The molecule has 1 saturated heterocycles. The van der Waals surface area contributed by atoms with Crippen molar-refractivity contribution in [3.05, 3.63) is 28.8 Å². The normalized spacial score (nSPS) is 19.4. The van der Waals surface area contributed by atoms with Crippen molar-refractivity contribution >= 4 is 28.9 Å². The van der Waals surface area contributed by atoms with Gasteiger partial charge in [0.05, 0.1) is 10.7 Å². The number of nitrogens with zero attached hydrogens (tertiary/aromatic N) is 1. The number of halogens is 2. The highest BCUT2D eigenvalue weighted by Gasteiger charge is 2.26. The summed E-state index contributed by atoms with van der Waals surface area (Å²) in [6.45, 7) is 6.85. The van der Waals surface area contributed by atoms with Crippen molar-refractivity contribution in [2.24, 2.45) is 5.41 Å². The van der Waals surface area contributed by atoms with Gasteiger partial charge in [-0.05, 0) is 36.0 Å². The van der Waals surface area contributed by atoms with Gasteiger partial charge in [-0.1, -0.05) is 31.5 Å². The van der Waals surface area contributed by atoms with Crippen LogP contribution in [-0.2, 0) is 5.88 Å². The molecular weight excluding hydrogens is 253 g/mol. The first-order valence-electron chi connectivity index (χ1n) is 6.11. The standard InChI is InChI=1S/C14H19Cl2N/c1-14(2)5-7-17(8-6-14)13-4-3-11(10-15)9-12(13)16/h3-4,9H,5-8,10H2,1-2H3. The van der Waals surface area contributed by atoms with E-state index in [1.165, 1.54) is 12.8 Å². The van der Waals surface area contributed by atoms with E-state index in [-0.39, 0.29) is 0 Å². The fourth-order valence-electron chi connectivity index (χ4n) is 2.24. The topological polar surface area (TPSA) is 3.24 Å². The van der Waals surface area contributed by atoms with Crippen LogP contribution in [0.15, 0.2) is 18.2 Å². The molecule has 1 nitrogen and oxygen atoms in total. The summed E-state index contributed by atoms with van der Waals surface area (Å²) in [4.78, 5) is 2.38. The molecule has 1 aliphatic rings. The van der Waals surface area contributed by atoms with Crippen LogP contribution >= 0.6 is 23.2 Å². The minimum Gasteiger partial charge on any atom is -0.370 e. The van der Waals surface area contributed by atoms with Gasteiger partial charge >= 0.3 is 0 Å². The molecule has 2 rings (SSSR count). The average molecular weight is 272 g/mol. The van der Waals surface area contributed by atoms with E-state index in [1.807, 2.05) is 6.07 Å². The molecule has 0 aromatic heterocycles. The summed E-state index contributed by atoms with van der Waals surface area (Å²) in [7, 11) is 0. The SMILES string of the molecule is CC1(C)CCN(c2ccc(CCl)cc2Cl)CC1. The van der Waals surface area contributed by atoms with Gasteiger partial charge in [0, 0.05) is 19.0 Å². The van der Waals surface area contributed by atoms with Gasteiger partial charge in [-0.3, -0.25) is 0 Å². The Morgan fingerprint density at radius 2 is 1.88 bits per heavy atom. The van der Waals surface area contributed by atoms with Crippen LogP contribution in [0.3, 0.4) is 0 Å². The minimum atomic E-state index is 0.471. The highest BCUT2D eigenvalue weighted by atomic mass is 35.5. The van der Waals surface area contributed by atoms with Gasteiger partial charge < -0.3 is 4.90 Å². The fourth-order valence-corrected chi connectivity index (χ4v) is 2.73. The first-order valence-corrected chi connectivity index (χ1v) is 7.02. The van der Waals surface area contributed by atoms with Gasteiger partial charge in [0.15, 0.2) is 0 Å². The third-order valence-corrected chi connectivity index (χ3v) is 4.24. The first kappa shape index (κ1) is 13.0. The number of alkyl halides is 1. The van der Waals surface area contributed by atoms with E-state index in [2.05, 4.69) is 30.9 Å². The Hall–Kier alpha value is -0.400. The maximum atomic E-state index is 6.31. The summed E-state index contributed by atoms with van der Waals surface area (Å²) < 4.78 is 0. The predicted octanol–water partition coefficient (Wildman–Crippen LogP) is 4.71. The number of anilines is 1. The lowest BCUT2D eigenvalue weighted by Crippen LogP contribution is -2.37. The molecule has 94 valence electrons. The zero-order chi connectivity index (χ0) is 12.5. The summed E-state index contributed by atoms with van der Waals surface area (Å²) >= 11 is 12.1. The van der Waals surface area contributed by atoms with Gasteiger partial charge in [-0.15, -0.1) is 11.6 Å². The van der Waals surface area contributed by atoms with Gasteiger partial charge in [-0.2, -0.15) is 0 Å². The molecular formula is C14H19Cl2N. The Bertz CT molecular complexity index is 391. The second-order valence-corrected chi connectivity index (χ2v) is 6.25. The minimum absolute atomic E-state index is 0.471. The van der Waals surface area contributed by atoms with Crippen LogP contribution in [0.1, 0.15) is 32.3 Å². The van der Waals surface area contributed by atoms with Crippen molar-refractivity contribution in [1.29, 1.82) is 0 Å². The molecule has 0 bridgehead atoms. The molecule has 0 unspecified atom stereocenters. The maximum absolute atomic E-state index is 6.31. The monoisotopic (exact) mass is 271 g/mol. The van der Waals surface area contributed by atoms with E-state index in [9.17, 15) is 0 Å². The lowest BCUT2D eigenvalue weighted by Gasteiger charge is -2.38.